The molecular formula is C14H19NO. The summed E-state index contributed by atoms with van der Waals surface area (Å²) in [4.78, 5) is 0. The van der Waals surface area contributed by atoms with Crippen molar-refractivity contribution < 1.29 is 4.74 Å². The van der Waals surface area contributed by atoms with Gasteiger partial charge in [-0.05, 0) is 24.1 Å². The van der Waals surface area contributed by atoms with Gasteiger partial charge in [0, 0.05) is 6.61 Å². The van der Waals surface area contributed by atoms with E-state index in [9.17, 15) is 0 Å². The standard InChI is InChI=1S/C14H19NO/c1-2-3-4-5-10-16-12-14-8-6-13(11-15)7-9-14/h6-9H,2-5,10,12H2,1H3. The lowest BCUT2D eigenvalue weighted by atomic mass is 10.1. The molecule has 86 valence electrons. The molecular weight excluding hydrogens is 198 g/mol. The first-order valence-electron chi connectivity index (χ1n) is 5.93. The summed E-state index contributed by atoms with van der Waals surface area (Å²) in [5, 5.41) is 8.64. The molecule has 0 radical (unpaired) electrons. The van der Waals surface area contributed by atoms with E-state index in [1.54, 1.807) is 0 Å². The maximum Gasteiger partial charge on any atom is 0.0991 e. The maximum absolute atomic E-state index is 8.64. The molecule has 0 saturated heterocycles. The molecule has 0 saturated carbocycles. The van der Waals surface area contributed by atoms with Gasteiger partial charge in [0.15, 0.2) is 0 Å². The van der Waals surface area contributed by atoms with Crippen molar-refractivity contribution in [2.45, 2.75) is 39.2 Å². The molecule has 0 spiro atoms. The zero-order chi connectivity index (χ0) is 11.6. The first-order valence-corrected chi connectivity index (χ1v) is 5.93. The van der Waals surface area contributed by atoms with E-state index in [0.29, 0.717) is 12.2 Å². The van der Waals surface area contributed by atoms with Crippen molar-refractivity contribution in [3.05, 3.63) is 35.4 Å². The molecule has 0 N–H and O–H groups in total. The number of ether oxygens (including phenoxy) is 1. The minimum Gasteiger partial charge on any atom is -0.377 e. The van der Waals surface area contributed by atoms with Gasteiger partial charge in [-0.2, -0.15) is 5.26 Å². The Morgan fingerprint density at radius 3 is 2.50 bits per heavy atom. The number of unbranched alkanes of at least 4 members (excludes halogenated alkanes) is 3. The molecule has 2 nitrogen and oxygen atoms in total. The highest BCUT2D eigenvalue weighted by molar-refractivity contribution is 5.31. The zero-order valence-corrected chi connectivity index (χ0v) is 9.91. The number of rotatable bonds is 7. The zero-order valence-electron chi connectivity index (χ0n) is 9.91. The Balaban J connectivity index is 2.15. The maximum atomic E-state index is 8.64. The normalized spacial score (nSPS) is 10.0. The van der Waals surface area contributed by atoms with Crippen LogP contribution in [-0.2, 0) is 11.3 Å². The molecule has 1 rings (SSSR count). The van der Waals surface area contributed by atoms with Gasteiger partial charge in [0.1, 0.15) is 0 Å². The Bertz CT molecular complexity index is 324. The quantitative estimate of drug-likeness (QED) is 0.653. The minimum atomic E-state index is 0.651. The SMILES string of the molecule is CCCCCCOCc1ccc(C#N)cc1. The third-order valence-corrected chi connectivity index (χ3v) is 2.49. The smallest absolute Gasteiger partial charge is 0.0991 e. The number of benzene rings is 1. The van der Waals surface area contributed by atoms with Crippen molar-refractivity contribution in [1.29, 1.82) is 5.26 Å². The van der Waals surface area contributed by atoms with Crippen LogP contribution in [0.15, 0.2) is 24.3 Å². The Morgan fingerprint density at radius 2 is 1.88 bits per heavy atom. The van der Waals surface area contributed by atoms with Crippen LogP contribution in [0.1, 0.15) is 43.7 Å². The highest BCUT2D eigenvalue weighted by Gasteiger charge is 1.94. The molecule has 0 atom stereocenters. The first-order chi connectivity index (χ1) is 7.86. The van der Waals surface area contributed by atoms with E-state index in [4.69, 9.17) is 10.00 Å². The van der Waals surface area contributed by atoms with Crippen LogP contribution in [0.4, 0.5) is 0 Å². The van der Waals surface area contributed by atoms with Crippen LogP contribution >= 0.6 is 0 Å². The molecule has 16 heavy (non-hydrogen) atoms. The molecule has 0 unspecified atom stereocenters. The predicted molar refractivity (Wildman–Crippen MR) is 65.0 cm³/mol. The highest BCUT2D eigenvalue weighted by Crippen LogP contribution is 2.06. The van der Waals surface area contributed by atoms with Gasteiger partial charge >= 0.3 is 0 Å². The molecule has 0 amide bonds. The van der Waals surface area contributed by atoms with E-state index in [0.717, 1.165) is 18.6 Å². The highest BCUT2D eigenvalue weighted by atomic mass is 16.5. The van der Waals surface area contributed by atoms with Crippen molar-refractivity contribution in [3.8, 4) is 6.07 Å². The van der Waals surface area contributed by atoms with Gasteiger partial charge in [-0.3, -0.25) is 0 Å². The fourth-order valence-corrected chi connectivity index (χ4v) is 1.50. The molecule has 0 aromatic heterocycles. The minimum absolute atomic E-state index is 0.651. The number of nitrogens with zero attached hydrogens (tertiary/aromatic N) is 1. The van der Waals surface area contributed by atoms with E-state index in [-0.39, 0.29) is 0 Å². The Kier molecular flexibility index (Phi) is 6.29. The van der Waals surface area contributed by atoms with Gasteiger partial charge in [-0.15, -0.1) is 0 Å². The number of hydrogen-bond acceptors (Lipinski definition) is 2. The largest absolute Gasteiger partial charge is 0.377 e. The van der Waals surface area contributed by atoms with Gasteiger partial charge in [-0.1, -0.05) is 38.3 Å². The van der Waals surface area contributed by atoms with E-state index in [1.165, 1.54) is 19.3 Å². The van der Waals surface area contributed by atoms with Crippen LogP contribution < -0.4 is 0 Å². The second kappa shape index (κ2) is 7.90. The van der Waals surface area contributed by atoms with Crippen LogP contribution in [0, 0.1) is 11.3 Å². The molecule has 0 aliphatic rings. The van der Waals surface area contributed by atoms with Gasteiger partial charge in [0.25, 0.3) is 0 Å². The fourth-order valence-electron chi connectivity index (χ4n) is 1.50. The summed E-state index contributed by atoms with van der Waals surface area (Å²) in [6.45, 7) is 3.69. The first kappa shape index (κ1) is 12.7. The summed E-state index contributed by atoms with van der Waals surface area (Å²) in [6.07, 6.45) is 4.95. The van der Waals surface area contributed by atoms with Crippen molar-refractivity contribution in [1.82, 2.24) is 0 Å². The summed E-state index contributed by atoms with van der Waals surface area (Å²) in [5.41, 5.74) is 1.83. The summed E-state index contributed by atoms with van der Waals surface area (Å²) < 4.78 is 5.56. The molecule has 0 heterocycles. The van der Waals surface area contributed by atoms with Crippen molar-refractivity contribution in [3.63, 3.8) is 0 Å². The van der Waals surface area contributed by atoms with Gasteiger partial charge in [-0.25, -0.2) is 0 Å². The molecule has 2 heteroatoms. The molecule has 1 aromatic carbocycles. The Labute approximate surface area is 97.9 Å². The van der Waals surface area contributed by atoms with Crippen LogP contribution in [0.3, 0.4) is 0 Å². The number of hydrogen-bond donors (Lipinski definition) is 0. The van der Waals surface area contributed by atoms with Gasteiger partial charge < -0.3 is 4.74 Å². The van der Waals surface area contributed by atoms with E-state index < -0.39 is 0 Å². The molecule has 1 aromatic rings. The monoisotopic (exact) mass is 217 g/mol. The fraction of sp³-hybridized carbons (Fsp3) is 0.500. The number of nitriles is 1. The predicted octanol–water partition coefficient (Wildman–Crippen LogP) is 3.66. The van der Waals surface area contributed by atoms with Crippen LogP contribution in [-0.4, -0.2) is 6.61 Å². The summed E-state index contributed by atoms with van der Waals surface area (Å²) in [5.74, 6) is 0. The average molecular weight is 217 g/mol. The van der Waals surface area contributed by atoms with Crippen molar-refractivity contribution in [2.75, 3.05) is 6.61 Å². The lowest BCUT2D eigenvalue weighted by Gasteiger charge is -2.04. The van der Waals surface area contributed by atoms with Crippen LogP contribution in [0.5, 0.6) is 0 Å². The third-order valence-electron chi connectivity index (χ3n) is 2.49. The second-order valence-corrected chi connectivity index (χ2v) is 3.92. The van der Waals surface area contributed by atoms with E-state index >= 15 is 0 Å². The van der Waals surface area contributed by atoms with Gasteiger partial charge in [0.2, 0.25) is 0 Å². The topological polar surface area (TPSA) is 33.0 Å². The van der Waals surface area contributed by atoms with Crippen LogP contribution in [0.25, 0.3) is 0 Å². The van der Waals surface area contributed by atoms with Crippen molar-refractivity contribution in [2.24, 2.45) is 0 Å². The molecule has 0 fully saturated rings. The van der Waals surface area contributed by atoms with Crippen molar-refractivity contribution >= 4 is 0 Å². The van der Waals surface area contributed by atoms with Crippen LogP contribution in [0.2, 0.25) is 0 Å². The van der Waals surface area contributed by atoms with Gasteiger partial charge in [0.05, 0.1) is 18.2 Å². The summed E-state index contributed by atoms with van der Waals surface area (Å²) >= 11 is 0. The summed E-state index contributed by atoms with van der Waals surface area (Å²) in [6, 6.07) is 9.66. The van der Waals surface area contributed by atoms with E-state index in [2.05, 4.69) is 13.0 Å². The van der Waals surface area contributed by atoms with E-state index in [1.807, 2.05) is 24.3 Å². The summed E-state index contributed by atoms with van der Waals surface area (Å²) in [7, 11) is 0. The second-order valence-electron chi connectivity index (χ2n) is 3.92. The molecule has 0 bridgehead atoms. The molecule has 0 aliphatic carbocycles. The lowest BCUT2D eigenvalue weighted by Crippen LogP contribution is -1.95. The Hall–Kier alpha value is -1.33. The third kappa shape index (κ3) is 4.95. The average Bonchev–Trinajstić information content (AvgIpc) is 2.34. The molecule has 0 aliphatic heterocycles. The lowest BCUT2D eigenvalue weighted by molar-refractivity contribution is 0.117. The Morgan fingerprint density at radius 1 is 1.12 bits per heavy atom.